The number of benzene rings is 1. The quantitative estimate of drug-likeness (QED) is 0.858. The van der Waals surface area contributed by atoms with Crippen LogP contribution in [0.5, 0.6) is 0 Å². The van der Waals surface area contributed by atoms with E-state index in [-0.39, 0.29) is 6.04 Å². The average Bonchev–Trinajstić information content (AvgIpc) is 2.88. The highest BCUT2D eigenvalue weighted by atomic mass is 32.2. The summed E-state index contributed by atoms with van der Waals surface area (Å²) in [7, 11) is -3.46. The minimum Gasteiger partial charge on any atom is -0.326 e. The fourth-order valence-electron chi connectivity index (χ4n) is 1.93. The summed E-state index contributed by atoms with van der Waals surface area (Å²) >= 11 is 1.20. The van der Waals surface area contributed by atoms with Crippen molar-refractivity contribution in [1.29, 1.82) is 0 Å². The van der Waals surface area contributed by atoms with Crippen molar-refractivity contribution in [2.24, 2.45) is 5.73 Å². The van der Waals surface area contributed by atoms with Crippen LogP contribution in [0.25, 0.3) is 0 Å². The molecule has 2 rings (SSSR count). The van der Waals surface area contributed by atoms with Gasteiger partial charge < -0.3 is 5.73 Å². The molecule has 108 valence electrons. The number of nitrogens with two attached hydrogens (primary N) is 1. The molecule has 0 fully saturated rings. The number of nitrogens with one attached hydrogen (secondary N) is 1. The van der Waals surface area contributed by atoms with E-state index in [9.17, 15) is 8.42 Å². The molecule has 1 heterocycles. The van der Waals surface area contributed by atoms with Crippen molar-refractivity contribution in [3.8, 4) is 0 Å². The second-order valence-electron chi connectivity index (χ2n) is 4.69. The highest BCUT2D eigenvalue weighted by molar-refractivity contribution is 7.91. The summed E-state index contributed by atoms with van der Waals surface area (Å²) < 4.78 is 27.5. The third kappa shape index (κ3) is 3.89. The molecular weight excluding hydrogens is 292 g/mol. The highest BCUT2D eigenvalue weighted by Crippen LogP contribution is 2.20. The Hall–Kier alpha value is -1.21. The fourth-order valence-corrected chi connectivity index (χ4v) is 4.42. The summed E-state index contributed by atoms with van der Waals surface area (Å²) in [4.78, 5) is 0. The van der Waals surface area contributed by atoms with Crippen molar-refractivity contribution in [2.45, 2.75) is 30.1 Å². The number of thiophene rings is 1. The Balaban J connectivity index is 2.04. The minimum atomic E-state index is -3.46. The fraction of sp³-hybridized carbons (Fsp3) is 0.286. The zero-order valence-electron chi connectivity index (χ0n) is 11.2. The van der Waals surface area contributed by atoms with Crippen molar-refractivity contribution in [3.63, 3.8) is 0 Å². The van der Waals surface area contributed by atoms with Gasteiger partial charge in [0.05, 0.1) is 0 Å². The van der Waals surface area contributed by atoms with Crippen LogP contribution in [0.3, 0.4) is 0 Å². The van der Waals surface area contributed by atoms with Crippen LogP contribution in [0, 0.1) is 0 Å². The predicted molar refractivity (Wildman–Crippen MR) is 82.1 cm³/mol. The number of rotatable bonds is 6. The van der Waals surface area contributed by atoms with E-state index in [0.29, 0.717) is 17.2 Å². The lowest BCUT2D eigenvalue weighted by Gasteiger charge is -2.13. The molecule has 3 N–H and O–H groups in total. The van der Waals surface area contributed by atoms with E-state index in [1.54, 1.807) is 11.4 Å². The molecule has 0 amide bonds. The van der Waals surface area contributed by atoms with E-state index in [1.807, 2.05) is 37.3 Å². The molecule has 2 aromatic rings. The molecule has 0 saturated heterocycles. The molecule has 1 aromatic carbocycles. The molecule has 1 atom stereocenters. The van der Waals surface area contributed by atoms with Gasteiger partial charge in [-0.05, 0) is 35.9 Å². The van der Waals surface area contributed by atoms with Crippen molar-refractivity contribution in [2.75, 3.05) is 0 Å². The SMILES string of the molecule is CC(Cc1ccccc1)NS(=O)(=O)c1cc(CN)cs1. The molecule has 0 spiro atoms. The largest absolute Gasteiger partial charge is 0.326 e. The van der Waals surface area contributed by atoms with Crippen molar-refractivity contribution in [1.82, 2.24) is 4.72 Å². The van der Waals surface area contributed by atoms with Crippen LogP contribution in [-0.4, -0.2) is 14.5 Å². The van der Waals surface area contributed by atoms with Crippen molar-refractivity contribution in [3.05, 3.63) is 52.9 Å². The maximum atomic E-state index is 12.2. The Kier molecular flexibility index (Phi) is 4.93. The van der Waals surface area contributed by atoms with Gasteiger partial charge in [0.2, 0.25) is 10.0 Å². The van der Waals surface area contributed by atoms with E-state index in [0.717, 1.165) is 11.1 Å². The Morgan fingerprint density at radius 3 is 2.55 bits per heavy atom. The zero-order valence-corrected chi connectivity index (χ0v) is 12.9. The van der Waals surface area contributed by atoms with Gasteiger partial charge in [0, 0.05) is 12.6 Å². The number of hydrogen-bond acceptors (Lipinski definition) is 4. The van der Waals surface area contributed by atoms with Gasteiger partial charge in [0.1, 0.15) is 4.21 Å². The zero-order chi connectivity index (χ0) is 14.6. The van der Waals surface area contributed by atoms with Gasteiger partial charge in [0.15, 0.2) is 0 Å². The van der Waals surface area contributed by atoms with Gasteiger partial charge in [-0.1, -0.05) is 30.3 Å². The van der Waals surface area contributed by atoms with Crippen LogP contribution in [0.2, 0.25) is 0 Å². The Morgan fingerprint density at radius 1 is 1.25 bits per heavy atom. The van der Waals surface area contributed by atoms with E-state index in [2.05, 4.69) is 4.72 Å². The highest BCUT2D eigenvalue weighted by Gasteiger charge is 2.19. The first-order valence-electron chi connectivity index (χ1n) is 6.35. The van der Waals surface area contributed by atoms with Gasteiger partial charge in [-0.15, -0.1) is 11.3 Å². The first kappa shape index (κ1) is 15.2. The minimum absolute atomic E-state index is 0.161. The second kappa shape index (κ2) is 6.49. The summed E-state index contributed by atoms with van der Waals surface area (Å²) in [6.07, 6.45) is 0.662. The van der Waals surface area contributed by atoms with Crippen molar-refractivity contribution < 1.29 is 8.42 Å². The smallest absolute Gasteiger partial charge is 0.250 e. The Morgan fingerprint density at radius 2 is 1.95 bits per heavy atom. The lowest BCUT2D eigenvalue weighted by Crippen LogP contribution is -2.33. The van der Waals surface area contributed by atoms with Crippen LogP contribution in [-0.2, 0) is 23.0 Å². The third-order valence-electron chi connectivity index (χ3n) is 2.87. The first-order chi connectivity index (χ1) is 9.51. The summed E-state index contributed by atoms with van der Waals surface area (Å²) in [6.45, 7) is 2.22. The molecule has 0 bridgehead atoms. The lowest BCUT2D eigenvalue weighted by molar-refractivity contribution is 0.561. The molecule has 0 aliphatic rings. The van der Waals surface area contributed by atoms with Gasteiger partial charge in [0.25, 0.3) is 0 Å². The molecule has 6 heteroatoms. The van der Waals surface area contributed by atoms with E-state index < -0.39 is 10.0 Å². The molecule has 1 aromatic heterocycles. The van der Waals surface area contributed by atoms with E-state index in [4.69, 9.17) is 5.73 Å². The Labute approximate surface area is 123 Å². The van der Waals surface area contributed by atoms with Crippen LogP contribution in [0.4, 0.5) is 0 Å². The molecule has 0 aliphatic heterocycles. The molecule has 0 aliphatic carbocycles. The molecule has 0 radical (unpaired) electrons. The molecule has 20 heavy (non-hydrogen) atoms. The Bertz CT molecular complexity index is 651. The van der Waals surface area contributed by atoms with Crippen LogP contribution < -0.4 is 10.5 Å². The standard InChI is InChI=1S/C14H18N2O2S2/c1-11(7-12-5-3-2-4-6-12)16-20(17,18)14-8-13(9-15)10-19-14/h2-6,8,10-11,16H,7,9,15H2,1H3. The van der Waals surface area contributed by atoms with Gasteiger partial charge >= 0.3 is 0 Å². The third-order valence-corrected chi connectivity index (χ3v) is 5.95. The van der Waals surface area contributed by atoms with Gasteiger partial charge in [-0.2, -0.15) is 0 Å². The number of sulfonamides is 1. The monoisotopic (exact) mass is 310 g/mol. The predicted octanol–water partition coefficient (Wildman–Crippen LogP) is 2.12. The number of hydrogen-bond donors (Lipinski definition) is 2. The second-order valence-corrected chi connectivity index (χ2v) is 7.54. The normalized spacial score (nSPS) is 13.3. The molecule has 4 nitrogen and oxygen atoms in total. The maximum Gasteiger partial charge on any atom is 0.250 e. The van der Waals surface area contributed by atoms with E-state index >= 15 is 0 Å². The first-order valence-corrected chi connectivity index (χ1v) is 8.71. The van der Waals surface area contributed by atoms with Gasteiger partial charge in [-0.25, -0.2) is 13.1 Å². The topological polar surface area (TPSA) is 72.2 Å². The van der Waals surface area contributed by atoms with Crippen LogP contribution in [0.15, 0.2) is 46.0 Å². The summed E-state index contributed by atoms with van der Waals surface area (Å²) in [5.41, 5.74) is 7.45. The maximum absolute atomic E-state index is 12.2. The van der Waals surface area contributed by atoms with Gasteiger partial charge in [-0.3, -0.25) is 0 Å². The molecular formula is C14H18N2O2S2. The summed E-state index contributed by atoms with van der Waals surface area (Å²) in [5, 5.41) is 1.77. The lowest BCUT2D eigenvalue weighted by atomic mass is 10.1. The average molecular weight is 310 g/mol. The summed E-state index contributed by atoms with van der Waals surface area (Å²) in [6, 6.07) is 11.3. The van der Waals surface area contributed by atoms with Crippen LogP contribution in [0.1, 0.15) is 18.1 Å². The van der Waals surface area contributed by atoms with Crippen LogP contribution >= 0.6 is 11.3 Å². The molecule has 1 unspecified atom stereocenters. The van der Waals surface area contributed by atoms with Crippen molar-refractivity contribution >= 4 is 21.4 Å². The summed E-state index contributed by atoms with van der Waals surface area (Å²) in [5.74, 6) is 0. The van der Waals surface area contributed by atoms with E-state index in [1.165, 1.54) is 11.3 Å². The molecule has 0 saturated carbocycles.